The molecule has 0 unspecified atom stereocenters. The number of nitrogens with zero attached hydrogens (tertiary/aromatic N) is 5. The molecule has 2 saturated carbocycles. The van der Waals surface area contributed by atoms with E-state index in [0.717, 1.165) is 31.1 Å². The predicted molar refractivity (Wildman–Crippen MR) is 157 cm³/mol. The molecule has 2 aromatic carbocycles. The van der Waals surface area contributed by atoms with E-state index in [-0.39, 0.29) is 11.9 Å². The summed E-state index contributed by atoms with van der Waals surface area (Å²) in [4.78, 5) is 50.9. The lowest BCUT2D eigenvalue weighted by molar-refractivity contribution is -0.133. The normalized spacial score (nSPS) is 15.9. The van der Waals surface area contributed by atoms with Crippen molar-refractivity contribution in [2.24, 2.45) is 11.1 Å². The maximum atomic E-state index is 13.7. The van der Waals surface area contributed by atoms with Gasteiger partial charge in [-0.15, -0.1) is 0 Å². The van der Waals surface area contributed by atoms with E-state index in [0.29, 0.717) is 47.2 Å². The average Bonchev–Trinajstić information content (AvgIpc) is 3.47. The van der Waals surface area contributed by atoms with Crippen molar-refractivity contribution in [1.29, 1.82) is 0 Å². The third kappa shape index (κ3) is 4.84. The van der Waals surface area contributed by atoms with Crippen molar-refractivity contribution in [3.63, 3.8) is 0 Å². The topological polar surface area (TPSA) is 126 Å². The number of amides is 3. The Labute approximate surface area is 242 Å². The lowest BCUT2D eigenvalue weighted by Gasteiger charge is -2.26. The Bertz CT molecular complexity index is 1670. The third-order valence-electron chi connectivity index (χ3n) is 8.19. The standard InChI is InChI=1S/C31H32FN7O3/c1-37(2)27(40)25-17-19-18-34-30(36-26(19)39(25)22-5-3-4-6-22)35-21-9-13-24(14-10-21)38(23-11-7-20(32)8-12-23)29(42)31(15-16-31)28(33)41/h7-14,17-18,22H,3-6,15-16H2,1-2H3,(H2,33,41)(H,34,35,36). The number of rotatable bonds is 8. The second-order valence-corrected chi connectivity index (χ2v) is 11.2. The minimum Gasteiger partial charge on any atom is -0.369 e. The van der Waals surface area contributed by atoms with E-state index in [1.54, 1.807) is 49.5 Å². The maximum absolute atomic E-state index is 13.7. The van der Waals surface area contributed by atoms with Crippen LogP contribution in [0.3, 0.4) is 0 Å². The van der Waals surface area contributed by atoms with Gasteiger partial charge >= 0.3 is 0 Å². The van der Waals surface area contributed by atoms with Gasteiger partial charge in [-0.3, -0.25) is 19.3 Å². The molecule has 0 spiro atoms. The molecule has 3 amide bonds. The van der Waals surface area contributed by atoms with Gasteiger partial charge in [-0.1, -0.05) is 12.8 Å². The number of fused-ring (bicyclic) bond motifs is 1. The van der Waals surface area contributed by atoms with E-state index >= 15 is 0 Å². The molecule has 0 bridgehead atoms. The zero-order valence-corrected chi connectivity index (χ0v) is 23.5. The Morgan fingerprint density at radius 2 is 1.62 bits per heavy atom. The molecule has 0 aliphatic heterocycles. The SMILES string of the molecule is CN(C)C(=O)c1cc2cnc(Nc3ccc(N(C(=O)C4(C(N)=O)CC4)c4ccc(F)cc4)cc3)nc2n1C1CCCC1. The Balaban J connectivity index is 1.31. The van der Waals surface area contributed by atoms with Crippen LogP contribution in [0.15, 0.2) is 60.8 Å². The van der Waals surface area contributed by atoms with Crippen molar-refractivity contribution in [3.8, 4) is 0 Å². The lowest BCUT2D eigenvalue weighted by Crippen LogP contribution is -2.41. The van der Waals surface area contributed by atoms with Crippen LogP contribution < -0.4 is 16.0 Å². The van der Waals surface area contributed by atoms with Crippen LogP contribution >= 0.6 is 0 Å². The first kappa shape index (κ1) is 27.4. The highest BCUT2D eigenvalue weighted by Crippen LogP contribution is 2.49. The fourth-order valence-electron chi connectivity index (χ4n) is 5.70. The highest BCUT2D eigenvalue weighted by atomic mass is 19.1. The fourth-order valence-corrected chi connectivity index (χ4v) is 5.70. The van der Waals surface area contributed by atoms with Gasteiger partial charge < -0.3 is 20.5 Å². The maximum Gasteiger partial charge on any atom is 0.270 e. The molecule has 6 rings (SSSR count). The number of halogens is 1. The molecule has 216 valence electrons. The molecular weight excluding hydrogens is 537 g/mol. The van der Waals surface area contributed by atoms with Crippen LogP contribution in [0.1, 0.15) is 55.1 Å². The van der Waals surface area contributed by atoms with Crippen molar-refractivity contribution in [2.75, 3.05) is 24.3 Å². The fraction of sp³-hybridized carbons (Fsp3) is 0.323. The van der Waals surface area contributed by atoms with E-state index in [1.165, 1.54) is 29.2 Å². The molecule has 11 heteroatoms. The number of hydrogen-bond acceptors (Lipinski definition) is 6. The van der Waals surface area contributed by atoms with Crippen molar-refractivity contribution in [2.45, 2.75) is 44.6 Å². The lowest BCUT2D eigenvalue weighted by atomic mass is 10.0. The third-order valence-corrected chi connectivity index (χ3v) is 8.19. The van der Waals surface area contributed by atoms with Crippen LogP contribution in [0.25, 0.3) is 11.0 Å². The Morgan fingerprint density at radius 3 is 2.19 bits per heavy atom. The van der Waals surface area contributed by atoms with Gasteiger partial charge in [0.25, 0.3) is 5.91 Å². The highest BCUT2D eigenvalue weighted by Gasteiger charge is 2.57. The van der Waals surface area contributed by atoms with E-state index in [9.17, 15) is 18.8 Å². The van der Waals surface area contributed by atoms with Gasteiger partial charge in [0.2, 0.25) is 17.8 Å². The van der Waals surface area contributed by atoms with Gasteiger partial charge in [0.15, 0.2) is 0 Å². The summed E-state index contributed by atoms with van der Waals surface area (Å²) in [6.07, 6.45) is 6.68. The summed E-state index contributed by atoms with van der Waals surface area (Å²) in [5, 5.41) is 4.02. The number of benzene rings is 2. The van der Waals surface area contributed by atoms with Gasteiger partial charge in [-0.2, -0.15) is 4.98 Å². The molecule has 3 N–H and O–H groups in total. The summed E-state index contributed by atoms with van der Waals surface area (Å²) in [6.45, 7) is 0. The second-order valence-electron chi connectivity index (χ2n) is 11.2. The van der Waals surface area contributed by atoms with Gasteiger partial charge in [-0.05, 0) is 80.3 Å². The van der Waals surface area contributed by atoms with Gasteiger partial charge in [0, 0.05) is 48.8 Å². The molecule has 2 fully saturated rings. The molecule has 2 aliphatic carbocycles. The summed E-state index contributed by atoms with van der Waals surface area (Å²) in [7, 11) is 3.48. The van der Waals surface area contributed by atoms with E-state index < -0.39 is 23.0 Å². The molecule has 2 heterocycles. The van der Waals surface area contributed by atoms with Crippen LogP contribution in [0, 0.1) is 11.2 Å². The first-order valence-electron chi connectivity index (χ1n) is 14.0. The smallest absolute Gasteiger partial charge is 0.270 e. The monoisotopic (exact) mass is 569 g/mol. The molecule has 42 heavy (non-hydrogen) atoms. The quantitative estimate of drug-likeness (QED) is 0.286. The van der Waals surface area contributed by atoms with E-state index in [1.807, 2.05) is 6.07 Å². The summed E-state index contributed by atoms with van der Waals surface area (Å²) in [5.41, 5.74) is 7.25. The van der Waals surface area contributed by atoms with Crippen LogP contribution in [-0.2, 0) is 9.59 Å². The molecule has 4 aromatic rings. The average molecular weight is 570 g/mol. The number of anilines is 4. The number of primary amides is 1. The molecule has 2 aromatic heterocycles. The first-order chi connectivity index (χ1) is 20.2. The number of nitrogens with one attached hydrogen (secondary N) is 1. The van der Waals surface area contributed by atoms with Gasteiger partial charge in [0.05, 0.1) is 0 Å². The summed E-state index contributed by atoms with van der Waals surface area (Å²) in [6, 6.07) is 14.6. The number of carbonyl (C=O) groups excluding carboxylic acids is 3. The van der Waals surface area contributed by atoms with Gasteiger partial charge in [0.1, 0.15) is 22.6 Å². The molecular formula is C31H32FN7O3. The summed E-state index contributed by atoms with van der Waals surface area (Å²) < 4.78 is 15.7. The van der Waals surface area contributed by atoms with Crippen molar-refractivity contribution in [1.82, 2.24) is 19.4 Å². The Kier molecular flexibility index (Phi) is 6.88. The Hall–Kier alpha value is -4.80. The largest absolute Gasteiger partial charge is 0.369 e. The van der Waals surface area contributed by atoms with Crippen molar-refractivity contribution in [3.05, 3.63) is 72.3 Å². The summed E-state index contributed by atoms with van der Waals surface area (Å²) >= 11 is 0. The zero-order chi connectivity index (χ0) is 29.6. The first-order valence-corrected chi connectivity index (χ1v) is 14.0. The van der Waals surface area contributed by atoms with Crippen LogP contribution in [-0.4, -0.2) is 51.3 Å². The van der Waals surface area contributed by atoms with E-state index in [4.69, 9.17) is 10.7 Å². The van der Waals surface area contributed by atoms with E-state index in [2.05, 4.69) is 14.9 Å². The number of aromatic nitrogens is 3. The zero-order valence-electron chi connectivity index (χ0n) is 23.5. The van der Waals surface area contributed by atoms with Crippen molar-refractivity contribution < 1.29 is 18.8 Å². The highest BCUT2D eigenvalue weighted by molar-refractivity contribution is 6.16. The van der Waals surface area contributed by atoms with Crippen LogP contribution in [0.4, 0.5) is 27.4 Å². The number of carbonyl (C=O) groups is 3. The molecule has 10 nitrogen and oxygen atoms in total. The minimum atomic E-state index is -1.25. The number of nitrogens with two attached hydrogens (primary N) is 1. The molecule has 0 saturated heterocycles. The molecule has 0 radical (unpaired) electrons. The molecule has 2 aliphatic rings. The van der Waals surface area contributed by atoms with Crippen LogP contribution in [0.5, 0.6) is 0 Å². The van der Waals surface area contributed by atoms with Gasteiger partial charge in [-0.25, -0.2) is 9.37 Å². The predicted octanol–water partition coefficient (Wildman–Crippen LogP) is 5.06. The number of hydrogen-bond donors (Lipinski definition) is 2. The minimum absolute atomic E-state index is 0.0745. The van der Waals surface area contributed by atoms with Crippen molar-refractivity contribution >= 4 is 51.8 Å². The second kappa shape index (κ2) is 10.6. The molecule has 0 atom stereocenters. The Morgan fingerprint density at radius 1 is 1.00 bits per heavy atom. The van der Waals surface area contributed by atoms with Crippen LogP contribution in [0.2, 0.25) is 0 Å². The summed E-state index contributed by atoms with van der Waals surface area (Å²) in [5.74, 6) is -1.24.